The highest BCUT2D eigenvalue weighted by molar-refractivity contribution is 6.32. The topological polar surface area (TPSA) is 38.5 Å². The number of hydrogen-bond donors (Lipinski definition) is 1. The Balaban J connectivity index is 2.03. The van der Waals surface area contributed by atoms with E-state index < -0.39 is 0 Å². The SMILES string of the molecule is COc1ccc(CN(CCN)C2CC2)cc1Cl. The monoisotopic (exact) mass is 254 g/mol. The molecule has 1 fully saturated rings. The van der Waals surface area contributed by atoms with Crippen molar-refractivity contribution in [3.8, 4) is 5.75 Å². The van der Waals surface area contributed by atoms with Crippen molar-refractivity contribution in [2.24, 2.45) is 5.73 Å². The molecule has 0 saturated heterocycles. The first-order chi connectivity index (χ1) is 8.24. The van der Waals surface area contributed by atoms with Crippen LogP contribution in [0.5, 0.6) is 5.75 Å². The lowest BCUT2D eigenvalue weighted by molar-refractivity contribution is 0.262. The van der Waals surface area contributed by atoms with Gasteiger partial charge in [-0.1, -0.05) is 17.7 Å². The van der Waals surface area contributed by atoms with E-state index in [1.54, 1.807) is 7.11 Å². The van der Waals surface area contributed by atoms with Crippen molar-refractivity contribution in [2.75, 3.05) is 20.2 Å². The van der Waals surface area contributed by atoms with E-state index in [0.717, 1.165) is 24.9 Å². The van der Waals surface area contributed by atoms with E-state index in [1.807, 2.05) is 12.1 Å². The molecule has 0 aliphatic heterocycles. The minimum Gasteiger partial charge on any atom is -0.495 e. The summed E-state index contributed by atoms with van der Waals surface area (Å²) in [4.78, 5) is 2.43. The summed E-state index contributed by atoms with van der Waals surface area (Å²) >= 11 is 6.12. The molecule has 1 saturated carbocycles. The zero-order valence-corrected chi connectivity index (χ0v) is 10.9. The molecule has 1 aliphatic rings. The summed E-state index contributed by atoms with van der Waals surface area (Å²) in [5.74, 6) is 0.729. The van der Waals surface area contributed by atoms with E-state index in [1.165, 1.54) is 18.4 Å². The average molecular weight is 255 g/mol. The van der Waals surface area contributed by atoms with Crippen LogP contribution in [-0.2, 0) is 6.54 Å². The summed E-state index contributed by atoms with van der Waals surface area (Å²) < 4.78 is 5.15. The maximum atomic E-state index is 6.12. The van der Waals surface area contributed by atoms with Crippen LogP contribution >= 0.6 is 11.6 Å². The summed E-state index contributed by atoms with van der Waals surface area (Å²) in [5.41, 5.74) is 6.86. The lowest BCUT2D eigenvalue weighted by atomic mass is 10.2. The maximum Gasteiger partial charge on any atom is 0.137 e. The first kappa shape index (κ1) is 12.7. The first-order valence-electron chi connectivity index (χ1n) is 6.01. The molecule has 1 aliphatic carbocycles. The van der Waals surface area contributed by atoms with E-state index in [4.69, 9.17) is 22.1 Å². The fraction of sp³-hybridized carbons (Fsp3) is 0.538. The average Bonchev–Trinajstić information content (AvgIpc) is 3.12. The van der Waals surface area contributed by atoms with E-state index in [0.29, 0.717) is 11.6 Å². The molecule has 0 radical (unpaired) electrons. The van der Waals surface area contributed by atoms with Crippen molar-refractivity contribution < 1.29 is 4.74 Å². The van der Waals surface area contributed by atoms with E-state index >= 15 is 0 Å². The van der Waals surface area contributed by atoms with Gasteiger partial charge in [-0.05, 0) is 30.5 Å². The van der Waals surface area contributed by atoms with Gasteiger partial charge in [-0.3, -0.25) is 4.90 Å². The fourth-order valence-electron chi connectivity index (χ4n) is 2.04. The molecule has 0 amide bonds. The molecule has 0 spiro atoms. The van der Waals surface area contributed by atoms with Crippen LogP contribution in [0.2, 0.25) is 5.02 Å². The highest BCUT2D eigenvalue weighted by atomic mass is 35.5. The highest BCUT2D eigenvalue weighted by Crippen LogP contribution is 2.30. The highest BCUT2D eigenvalue weighted by Gasteiger charge is 2.28. The molecule has 1 aromatic carbocycles. The Morgan fingerprint density at radius 2 is 2.24 bits per heavy atom. The quantitative estimate of drug-likeness (QED) is 0.847. The molecule has 3 nitrogen and oxygen atoms in total. The summed E-state index contributed by atoms with van der Waals surface area (Å²) in [6, 6.07) is 6.69. The van der Waals surface area contributed by atoms with Gasteiger partial charge >= 0.3 is 0 Å². The van der Waals surface area contributed by atoms with Gasteiger partial charge in [-0.15, -0.1) is 0 Å². The number of hydrogen-bond acceptors (Lipinski definition) is 3. The summed E-state index contributed by atoms with van der Waals surface area (Å²) in [7, 11) is 1.63. The number of ether oxygens (including phenoxy) is 1. The third-order valence-electron chi connectivity index (χ3n) is 3.08. The van der Waals surface area contributed by atoms with E-state index in [9.17, 15) is 0 Å². The molecular weight excluding hydrogens is 236 g/mol. The standard InChI is InChI=1S/C13H19ClN2O/c1-17-13-5-2-10(8-12(13)14)9-16(7-6-15)11-3-4-11/h2,5,8,11H,3-4,6-7,9,15H2,1H3. The van der Waals surface area contributed by atoms with Gasteiger partial charge < -0.3 is 10.5 Å². The Labute approximate surface area is 107 Å². The molecule has 0 unspecified atom stereocenters. The van der Waals surface area contributed by atoms with Gasteiger partial charge in [0.25, 0.3) is 0 Å². The minimum absolute atomic E-state index is 0.675. The van der Waals surface area contributed by atoms with Crippen LogP contribution in [0.25, 0.3) is 0 Å². The zero-order chi connectivity index (χ0) is 12.3. The molecule has 2 N–H and O–H groups in total. The van der Waals surface area contributed by atoms with Gasteiger partial charge in [-0.2, -0.15) is 0 Å². The second kappa shape index (κ2) is 5.71. The normalized spacial score (nSPS) is 15.3. The van der Waals surface area contributed by atoms with Crippen LogP contribution < -0.4 is 10.5 Å². The van der Waals surface area contributed by atoms with Crippen molar-refractivity contribution in [1.82, 2.24) is 4.90 Å². The van der Waals surface area contributed by atoms with E-state index in [-0.39, 0.29) is 0 Å². The molecule has 0 heterocycles. The number of nitrogens with zero attached hydrogens (tertiary/aromatic N) is 1. The number of rotatable bonds is 6. The van der Waals surface area contributed by atoms with Crippen molar-refractivity contribution in [3.63, 3.8) is 0 Å². The molecule has 2 rings (SSSR count). The van der Waals surface area contributed by atoms with Crippen molar-refractivity contribution in [1.29, 1.82) is 0 Å². The van der Waals surface area contributed by atoms with Crippen LogP contribution in [0.4, 0.5) is 0 Å². The Morgan fingerprint density at radius 1 is 1.47 bits per heavy atom. The van der Waals surface area contributed by atoms with E-state index in [2.05, 4.69) is 11.0 Å². The summed E-state index contributed by atoms with van der Waals surface area (Å²) in [6.07, 6.45) is 2.59. The van der Waals surface area contributed by atoms with Gasteiger partial charge in [0.1, 0.15) is 5.75 Å². The largest absolute Gasteiger partial charge is 0.495 e. The number of halogens is 1. The molecule has 1 aromatic rings. The smallest absolute Gasteiger partial charge is 0.137 e. The van der Waals surface area contributed by atoms with Gasteiger partial charge in [0.05, 0.1) is 12.1 Å². The van der Waals surface area contributed by atoms with Gasteiger partial charge in [-0.25, -0.2) is 0 Å². The van der Waals surface area contributed by atoms with Gasteiger partial charge in [0.15, 0.2) is 0 Å². The number of methoxy groups -OCH3 is 1. The molecule has 0 bridgehead atoms. The summed E-state index contributed by atoms with van der Waals surface area (Å²) in [6.45, 7) is 2.58. The van der Waals surface area contributed by atoms with Crippen LogP contribution in [-0.4, -0.2) is 31.1 Å². The Morgan fingerprint density at radius 3 is 2.76 bits per heavy atom. The minimum atomic E-state index is 0.675. The van der Waals surface area contributed by atoms with Crippen LogP contribution in [0.1, 0.15) is 18.4 Å². The molecule has 0 aromatic heterocycles. The van der Waals surface area contributed by atoms with Crippen molar-refractivity contribution >= 4 is 11.6 Å². The second-order valence-corrected chi connectivity index (χ2v) is 4.87. The lowest BCUT2D eigenvalue weighted by Gasteiger charge is -2.21. The van der Waals surface area contributed by atoms with Gasteiger partial charge in [0.2, 0.25) is 0 Å². The fourth-order valence-corrected chi connectivity index (χ4v) is 2.32. The third-order valence-corrected chi connectivity index (χ3v) is 3.38. The molecule has 94 valence electrons. The van der Waals surface area contributed by atoms with Crippen LogP contribution in [0, 0.1) is 0 Å². The van der Waals surface area contributed by atoms with Crippen LogP contribution in [0.3, 0.4) is 0 Å². The molecule has 4 heteroatoms. The first-order valence-corrected chi connectivity index (χ1v) is 6.39. The van der Waals surface area contributed by atoms with Gasteiger partial charge in [0, 0.05) is 25.7 Å². The predicted molar refractivity (Wildman–Crippen MR) is 70.5 cm³/mol. The second-order valence-electron chi connectivity index (χ2n) is 4.46. The lowest BCUT2D eigenvalue weighted by Crippen LogP contribution is -2.31. The number of nitrogens with two attached hydrogens (primary N) is 1. The zero-order valence-electron chi connectivity index (χ0n) is 10.2. The maximum absolute atomic E-state index is 6.12. The van der Waals surface area contributed by atoms with Crippen LogP contribution in [0.15, 0.2) is 18.2 Å². The number of benzene rings is 1. The molecule has 0 atom stereocenters. The Bertz CT molecular complexity index is 380. The Kier molecular flexibility index (Phi) is 4.26. The molecule has 17 heavy (non-hydrogen) atoms. The molecular formula is C13H19ClN2O. The predicted octanol–water partition coefficient (Wildman–Crippen LogP) is 2.27. The third kappa shape index (κ3) is 3.35. The summed E-state index contributed by atoms with van der Waals surface area (Å²) in [5, 5.41) is 0.675. The Hall–Kier alpha value is -0.770. The van der Waals surface area contributed by atoms with Crippen molar-refractivity contribution in [2.45, 2.75) is 25.4 Å². The van der Waals surface area contributed by atoms with Crippen molar-refractivity contribution in [3.05, 3.63) is 28.8 Å².